The monoisotopic (exact) mass is 396 g/mol. The Balaban J connectivity index is 1.88. The predicted octanol–water partition coefficient (Wildman–Crippen LogP) is 4.50. The molecule has 0 fully saturated rings. The third-order valence-electron chi connectivity index (χ3n) is 4.54. The summed E-state index contributed by atoms with van der Waals surface area (Å²) >= 11 is 0. The molecule has 0 bridgehead atoms. The number of pyridine rings is 2. The number of carbonyl (C=O) groups is 1. The highest BCUT2D eigenvalue weighted by Gasteiger charge is 2.39. The van der Waals surface area contributed by atoms with E-state index in [1.165, 1.54) is 16.1 Å². The van der Waals surface area contributed by atoms with Crippen LogP contribution in [0.2, 0.25) is 0 Å². The van der Waals surface area contributed by atoms with Crippen molar-refractivity contribution in [2.75, 3.05) is 12.1 Å². The van der Waals surface area contributed by atoms with E-state index in [1.807, 2.05) is 0 Å². The van der Waals surface area contributed by atoms with E-state index in [9.17, 15) is 18.0 Å². The number of hydrazine groups is 1. The number of nitrogens with zero attached hydrogens (tertiary/aromatic N) is 4. The predicted molar refractivity (Wildman–Crippen MR) is 102 cm³/mol. The van der Waals surface area contributed by atoms with Crippen molar-refractivity contribution < 1.29 is 18.0 Å². The van der Waals surface area contributed by atoms with E-state index in [1.54, 1.807) is 62.0 Å². The molecule has 0 saturated carbocycles. The maximum Gasteiger partial charge on any atom is 0.416 e. The molecule has 1 amide bonds. The average molecular weight is 396 g/mol. The van der Waals surface area contributed by atoms with Gasteiger partial charge in [0.2, 0.25) is 0 Å². The van der Waals surface area contributed by atoms with Crippen molar-refractivity contribution in [3.05, 3.63) is 89.4 Å². The lowest BCUT2D eigenvalue weighted by atomic mass is 10.0. The summed E-state index contributed by atoms with van der Waals surface area (Å²) in [5.41, 5.74) is 0.549. The third-order valence-corrected chi connectivity index (χ3v) is 4.54. The zero-order chi connectivity index (χ0) is 20.6. The molecule has 0 N–H and O–H groups in total. The molecule has 1 aliphatic heterocycles. The van der Waals surface area contributed by atoms with Gasteiger partial charge in [-0.2, -0.15) is 13.2 Å². The number of halogens is 3. The van der Waals surface area contributed by atoms with Gasteiger partial charge in [-0.25, -0.2) is 9.99 Å². The Hall–Kier alpha value is -3.68. The molecule has 0 atom stereocenters. The van der Waals surface area contributed by atoms with Crippen LogP contribution in [0.5, 0.6) is 0 Å². The summed E-state index contributed by atoms with van der Waals surface area (Å²) in [7, 11) is 1.63. The lowest BCUT2D eigenvalue weighted by Crippen LogP contribution is -2.39. The lowest BCUT2D eigenvalue weighted by Gasteiger charge is -2.30. The van der Waals surface area contributed by atoms with Crippen LogP contribution in [-0.2, 0) is 6.18 Å². The van der Waals surface area contributed by atoms with Gasteiger partial charge in [0.15, 0.2) is 0 Å². The van der Waals surface area contributed by atoms with E-state index in [-0.39, 0.29) is 11.1 Å². The average Bonchev–Trinajstić information content (AvgIpc) is 2.99. The van der Waals surface area contributed by atoms with Crippen molar-refractivity contribution in [3.63, 3.8) is 0 Å². The second kappa shape index (κ2) is 7.05. The molecular weight excluding hydrogens is 381 g/mol. The van der Waals surface area contributed by atoms with Gasteiger partial charge < -0.3 is 0 Å². The molecule has 8 heteroatoms. The normalized spacial score (nSPS) is 15.0. The fourth-order valence-electron chi connectivity index (χ4n) is 3.16. The first kappa shape index (κ1) is 18.7. The highest BCUT2D eigenvalue weighted by Crippen LogP contribution is 2.39. The van der Waals surface area contributed by atoms with E-state index < -0.39 is 17.6 Å². The Bertz CT molecular complexity index is 1080. The number of alkyl halides is 3. The van der Waals surface area contributed by atoms with E-state index in [0.717, 1.165) is 12.1 Å². The third kappa shape index (κ3) is 3.44. The van der Waals surface area contributed by atoms with E-state index in [0.29, 0.717) is 17.1 Å². The molecule has 3 aromatic rings. The van der Waals surface area contributed by atoms with Crippen molar-refractivity contribution in [2.24, 2.45) is 0 Å². The molecule has 2 aromatic heterocycles. The van der Waals surface area contributed by atoms with E-state index >= 15 is 0 Å². The number of hydrogen-bond acceptors (Lipinski definition) is 4. The van der Waals surface area contributed by atoms with Crippen molar-refractivity contribution >= 4 is 23.5 Å². The molecule has 29 heavy (non-hydrogen) atoms. The first-order valence-corrected chi connectivity index (χ1v) is 8.69. The Morgan fingerprint density at radius 1 is 1.03 bits per heavy atom. The van der Waals surface area contributed by atoms with Crippen LogP contribution in [-0.4, -0.2) is 27.9 Å². The standard InChI is InChI=1S/C21H15F3N4O/c1-27(19-6-2-3-10-26-19)28-18(11-14-5-4-9-25-13-14)17-12-15(21(22,23)24)7-8-16(17)20(28)29/h2-13H,1H3. The Labute approximate surface area is 164 Å². The Morgan fingerprint density at radius 3 is 2.52 bits per heavy atom. The van der Waals surface area contributed by atoms with Crippen LogP contribution in [0.4, 0.5) is 19.0 Å². The van der Waals surface area contributed by atoms with Crippen LogP contribution in [0.3, 0.4) is 0 Å². The molecule has 0 aliphatic carbocycles. The molecule has 0 spiro atoms. The molecule has 3 heterocycles. The van der Waals surface area contributed by atoms with Crippen molar-refractivity contribution in [2.45, 2.75) is 6.18 Å². The van der Waals surface area contributed by atoms with Crippen molar-refractivity contribution in [1.29, 1.82) is 0 Å². The largest absolute Gasteiger partial charge is 0.416 e. The molecular formula is C21H15F3N4O. The van der Waals surface area contributed by atoms with Gasteiger partial charge in [0, 0.05) is 31.2 Å². The molecule has 0 radical (unpaired) electrons. The van der Waals surface area contributed by atoms with Gasteiger partial charge in [0.1, 0.15) is 5.82 Å². The van der Waals surface area contributed by atoms with Crippen molar-refractivity contribution in [1.82, 2.24) is 15.0 Å². The van der Waals surface area contributed by atoms with Crippen LogP contribution in [0, 0.1) is 0 Å². The first-order chi connectivity index (χ1) is 13.9. The number of fused-ring (bicyclic) bond motifs is 1. The van der Waals surface area contributed by atoms with Gasteiger partial charge in [-0.05, 0) is 48.0 Å². The number of anilines is 1. The zero-order valence-corrected chi connectivity index (χ0v) is 15.3. The van der Waals surface area contributed by atoms with Crippen LogP contribution < -0.4 is 5.01 Å². The molecule has 5 nitrogen and oxygen atoms in total. The molecule has 0 saturated heterocycles. The second-order valence-corrected chi connectivity index (χ2v) is 6.40. The highest BCUT2D eigenvalue weighted by atomic mass is 19.4. The fourth-order valence-corrected chi connectivity index (χ4v) is 3.16. The first-order valence-electron chi connectivity index (χ1n) is 8.69. The number of benzene rings is 1. The number of carbonyl (C=O) groups excluding carboxylic acids is 1. The number of amides is 1. The second-order valence-electron chi connectivity index (χ2n) is 6.40. The minimum Gasteiger partial charge on any atom is -0.267 e. The minimum atomic E-state index is -4.52. The van der Waals surface area contributed by atoms with Gasteiger partial charge in [0.25, 0.3) is 5.91 Å². The summed E-state index contributed by atoms with van der Waals surface area (Å²) < 4.78 is 39.8. The number of aromatic nitrogens is 2. The summed E-state index contributed by atoms with van der Waals surface area (Å²) in [6, 6.07) is 11.8. The van der Waals surface area contributed by atoms with Gasteiger partial charge >= 0.3 is 6.18 Å². The quantitative estimate of drug-likeness (QED) is 0.654. The van der Waals surface area contributed by atoms with E-state index in [4.69, 9.17) is 0 Å². The smallest absolute Gasteiger partial charge is 0.267 e. The van der Waals surface area contributed by atoms with Crippen LogP contribution in [0.25, 0.3) is 11.8 Å². The van der Waals surface area contributed by atoms with E-state index in [2.05, 4.69) is 9.97 Å². The topological polar surface area (TPSA) is 49.3 Å². The molecule has 4 rings (SSSR count). The summed E-state index contributed by atoms with van der Waals surface area (Å²) in [5.74, 6) is 0.0406. The molecule has 1 aliphatic rings. The fraction of sp³-hybridized carbons (Fsp3) is 0.0952. The number of rotatable bonds is 3. The summed E-state index contributed by atoms with van der Waals surface area (Å²) in [4.78, 5) is 21.4. The number of hydrogen-bond donors (Lipinski definition) is 0. The van der Waals surface area contributed by atoms with Gasteiger partial charge in [0.05, 0.1) is 16.8 Å². The molecule has 0 unspecified atom stereocenters. The van der Waals surface area contributed by atoms with Crippen LogP contribution in [0.15, 0.2) is 67.1 Å². The van der Waals surface area contributed by atoms with Gasteiger partial charge in [-0.3, -0.25) is 14.8 Å². The van der Waals surface area contributed by atoms with Crippen LogP contribution in [0.1, 0.15) is 27.0 Å². The van der Waals surface area contributed by atoms with Crippen LogP contribution >= 0.6 is 0 Å². The lowest BCUT2D eigenvalue weighted by molar-refractivity contribution is -0.137. The Morgan fingerprint density at radius 2 is 1.86 bits per heavy atom. The zero-order valence-electron chi connectivity index (χ0n) is 15.3. The van der Waals surface area contributed by atoms with Crippen molar-refractivity contribution in [3.8, 4) is 0 Å². The Kier molecular flexibility index (Phi) is 4.54. The molecule has 146 valence electrons. The van der Waals surface area contributed by atoms with Gasteiger partial charge in [-0.15, -0.1) is 0 Å². The SMILES string of the molecule is CN(c1ccccn1)N1C(=O)c2ccc(C(F)(F)F)cc2C1=Cc1cccnc1. The minimum absolute atomic E-state index is 0.191. The maximum atomic E-state index is 13.3. The maximum absolute atomic E-state index is 13.3. The summed E-state index contributed by atoms with van der Waals surface area (Å²) in [6.45, 7) is 0. The van der Waals surface area contributed by atoms with Gasteiger partial charge in [-0.1, -0.05) is 12.1 Å². The summed E-state index contributed by atoms with van der Waals surface area (Å²) in [6.07, 6.45) is 1.86. The molecule has 1 aromatic carbocycles. The summed E-state index contributed by atoms with van der Waals surface area (Å²) in [5, 5.41) is 2.83. The highest BCUT2D eigenvalue weighted by molar-refractivity contribution is 6.12.